The minimum atomic E-state index is -0.549. The molecule has 0 aromatic carbocycles. The molecule has 0 aliphatic carbocycles. The van der Waals surface area contributed by atoms with Crippen molar-refractivity contribution in [2.24, 2.45) is 0 Å². The summed E-state index contributed by atoms with van der Waals surface area (Å²) in [6, 6.07) is 1.53. The molecule has 0 spiro atoms. The van der Waals surface area contributed by atoms with Gasteiger partial charge in [0.1, 0.15) is 5.69 Å². The van der Waals surface area contributed by atoms with Gasteiger partial charge in [-0.25, -0.2) is 14.4 Å². The summed E-state index contributed by atoms with van der Waals surface area (Å²) in [6.45, 7) is 0. The van der Waals surface area contributed by atoms with E-state index in [4.69, 9.17) is 4.74 Å². The van der Waals surface area contributed by atoms with Crippen molar-refractivity contribution in [2.45, 2.75) is 0 Å². The molecule has 2 aromatic heterocycles. The van der Waals surface area contributed by atoms with Crippen LogP contribution in [0.25, 0.3) is 11.3 Å². The molecule has 1 N–H and O–H groups in total. The van der Waals surface area contributed by atoms with Crippen LogP contribution >= 0.6 is 0 Å². The SMILES string of the molecule is CNc1nccnc1-c1ccnc(OC)c1F. The average molecular weight is 234 g/mol. The third-order valence-corrected chi connectivity index (χ3v) is 2.24. The van der Waals surface area contributed by atoms with Crippen molar-refractivity contribution in [1.29, 1.82) is 0 Å². The highest BCUT2D eigenvalue weighted by Crippen LogP contribution is 2.29. The highest BCUT2D eigenvalue weighted by molar-refractivity contribution is 5.71. The van der Waals surface area contributed by atoms with Crippen molar-refractivity contribution < 1.29 is 9.13 Å². The first kappa shape index (κ1) is 11.3. The normalized spacial score (nSPS) is 10.1. The summed E-state index contributed by atoms with van der Waals surface area (Å²) in [6.07, 6.45) is 4.50. The standard InChI is InChI=1S/C11H11FN4O/c1-13-10-9(14-5-6-15-10)7-3-4-16-11(17-2)8(7)12/h3-6H,1-2H3,(H,13,15). The number of rotatable bonds is 3. The van der Waals surface area contributed by atoms with Crippen LogP contribution in [0, 0.1) is 5.82 Å². The maximum absolute atomic E-state index is 14.0. The molecule has 0 amide bonds. The lowest BCUT2D eigenvalue weighted by Gasteiger charge is -2.08. The maximum atomic E-state index is 14.0. The second kappa shape index (κ2) is 4.73. The lowest BCUT2D eigenvalue weighted by atomic mass is 10.2. The number of nitrogens with zero attached hydrogens (tertiary/aromatic N) is 3. The predicted molar refractivity (Wildman–Crippen MR) is 61.3 cm³/mol. The van der Waals surface area contributed by atoms with Crippen molar-refractivity contribution in [3.63, 3.8) is 0 Å². The van der Waals surface area contributed by atoms with Crippen LogP contribution in [0.5, 0.6) is 5.88 Å². The average Bonchev–Trinajstić information content (AvgIpc) is 2.39. The summed E-state index contributed by atoms with van der Waals surface area (Å²) in [5.74, 6) is -0.109. The fourth-order valence-electron chi connectivity index (χ4n) is 1.47. The Balaban J connectivity index is 2.60. The lowest BCUT2D eigenvalue weighted by Crippen LogP contribution is -2.00. The van der Waals surface area contributed by atoms with E-state index in [0.29, 0.717) is 17.1 Å². The van der Waals surface area contributed by atoms with Gasteiger partial charge in [-0.3, -0.25) is 4.98 Å². The van der Waals surface area contributed by atoms with E-state index in [1.807, 2.05) is 0 Å². The first-order valence-corrected chi connectivity index (χ1v) is 4.95. The Bertz CT molecular complexity index is 533. The van der Waals surface area contributed by atoms with E-state index in [1.54, 1.807) is 7.05 Å². The summed E-state index contributed by atoms with van der Waals surface area (Å²) in [4.78, 5) is 11.9. The molecule has 0 fully saturated rings. The molecule has 0 saturated carbocycles. The number of hydrogen-bond acceptors (Lipinski definition) is 5. The Morgan fingerprint density at radius 2 is 1.94 bits per heavy atom. The van der Waals surface area contributed by atoms with E-state index < -0.39 is 5.82 Å². The highest BCUT2D eigenvalue weighted by atomic mass is 19.1. The fourth-order valence-corrected chi connectivity index (χ4v) is 1.47. The summed E-state index contributed by atoms with van der Waals surface area (Å²) >= 11 is 0. The van der Waals surface area contributed by atoms with Crippen LogP contribution in [-0.2, 0) is 0 Å². The number of ether oxygens (including phenoxy) is 1. The van der Waals surface area contributed by atoms with Crippen molar-refractivity contribution in [3.05, 3.63) is 30.5 Å². The first-order chi connectivity index (χ1) is 8.27. The van der Waals surface area contributed by atoms with Gasteiger partial charge in [-0.15, -0.1) is 0 Å². The molecule has 0 unspecified atom stereocenters. The summed E-state index contributed by atoms with van der Waals surface area (Å²) in [7, 11) is 3.06. The Kier molecular flexibility index (Phi) is 3.13. The number of methoxy groups -OCH3 is 1. The minimum Gasteiger partial charge on any atom is -0.479 e. The van der Waals surface area contributed by atoms with Crippen LogP contribution in [0.2, 0.25) is 0 Å². The van der Waals surface area contributed by atoms with Crippen LogP contribution in [0.15, 0.2) is 24.7 Å². The second-order valence-electron chi connectivity index (χ2n) is 3.19. The van der Waals surface area contributed by atoms with E-state index >= 15 is 0 Å². The quantitative estimate of drug-likeness (QED) is 0.876. The monoisotopic (exact) mass is 234 g/mol. The van der Waals surface area contributed by atoms with E-state index in [-0.39, 0.29) is 5.88 Å². The van der Waals surface area contributed by atoms with E-state index in [9.17, 15) is 4.39 Å². The summed E-state index contributed by atoms with van der Waals surface area (Å²) in [5.41, 5.74) is 0.725. The Morgan fingerprint density at radius 3 is 2.65 bits per heavy atom. The third-order valence-electron chi connectivity index (χ3n) is 2.24. The lowest BCUT2D eigenvalue weighted by molar-refractivity contribution is 0.370. The van der Waals surface area contributed by atoms with Gasteiger partial charge >= 0.3 is 0 Å². The van der Waals surface area contributed by atoms with Gasteiger partial charge in [0.25, 0.3) is 5.88 Å². The first-order valence-electron chi connectivity index (χ1n) is 4.95. The molecule has 0 aliphatic rings. The zero-order chi connectivity index (χ0) is 12.3. The Labute approximate surface area is 97.7 Å². The highest BCUT2D eigenvalue weighted by Gasteiger charge is 2.15. The number of pyridine rings is 1. The molecule has 17 heavy (non-hydrogen) atoms. The van der Waals surface area contributed by atoms with Crippen LogP contribution < -0.4 is 10.1 Å². The van der Waals surface area contributed by atoms with Gasteiger partial charge in [-0.1, -0.05) is 0 Å². The van der Waals surface area contributed by atoms with Gasteiger partial charge in [0.2, 0.25) is 0 Å². The van der Waals surface area contributed by atoms with Crippen molar-refractivity contribution in [3.8, 4) is 17.1 Å². The van der Waals surface area contributed by atoms with Gasteiger partial charge in [0.15, 0.2) is 11.6 Å². The molecule has 0 bridgehead atoms. The fraction of sp³-hybridized carbons (Fsp3) is 0.182. The second-order valence-corrected chi connectivity index (χ2v) is 3.19. The van der Waals surface area contributed by atoms with Crippen molar-refractivity contribution in [1.82, 2.24) is 15.0 Å². The van der Waals surface area contributed by atoms with Crippen LogP contribution in [0.3, 0.4) is 0 Å². The molecule has 2 heterocycles. The van der Waals surface area contributed by atoms with Crippen LogP contribution in [0.4, 0.5) is 10.2 Å². The molecular weight excluding hydrogens is 223 g/mol. The number of halogens is 1. The molecule has 2 rings (SSSR count). The van der Waals surface area contributed by atoms with Gasteiger partial charge in [0, 0.05) is 31.2 Å². The van der Waals surface area contributed by atoms with Crippen molar-refractivity contribution >= 4 is 5.82 Å². The molecular formula is C11H11FN4O. The largest absolute Gasteiger partial charge is 0.479 e. The number of aromatic nitrogens is 3. The number of anilines is 1. The van der Waals surface area contributed by atoms with Gasteiger partial charge in [-0.05, 0) is 6.07 Å². The maximum Gasteiger partial charge on any atom is 0.250 e. The molecule has 0 aliphatic heterocycles. The summed E-state index contributed by atoms with van der Waals surface area (Å²) in [5, 5.41) is 2.86. The van der Waals surface area contributed by atoms with Crippen LogP contribution in [-0.4, -0.2) is 29.1 Å². The molecule has 88 valence electrons. The minimum absolute atomic E-state index is 0.0600. The van der Waals surface area contributed by atoms with Crippen molar-refractivity contribution in [2.75, 3.05) is 19.5 Å². The van der Waals surface area contributed by atoms with E-state index in [2.05, 4.69) is 20.3 Å². The molecule has 2 aromatic rings. The van der Waals surface area contributed by atoms with Gasteiger partial charge in [0.05, 0.1) is 7.11 Å². The number of nitrogens with one attached hydrogen (secondary N) is 1. The zero-order valence-electron chi connectivity index (χ0n) is 9.44. The summed E-state index contributed by atoms with van der Waals surface area (Å²) < 4.78 is 18.8. The van der Waals surface area contributed by atoms with Crippen LogP contribution in [0.1, 0.15) is 0 Å². The predicted octanol–water partition coefficient (Wildman–Crippen LogP) is 1.73. The van der Waals surface area contributed by atoms with E-state index in [0.717, 1.165) is 0 Å². The smallest absolute Gasteiger partial charge is 0.250 e. The van der Waals surface area contributed by atoms with E-state index in [1.165, 1.54) is 31.8 Å². The Morgan fingerprint density at radius 1 is 1.18 bits per heavy atom. The number of hydrogen-bond donors (Lipinski definition) is 1. The zero-order valence-corrected chi connectivity index (χ0v) is 9.44. The van der Waals surface area contributed by atoms with Gasteiger partial charge < -0.3 is 10.1 Å². The molecule has 0 saturated heterocycles. The topological polar surface area (TPSA) is 59.9 Å². The Hall–Kier alpha value is -2.24. The molecule has 0 atom stereocenters. The third kappa shape index (κ3) is 2.01. The molecule has 5 nitrogen and oxygen atoms in total. The molecule has 6 heteroatoms. The molecule has 0 radical (unpaired) electrons. The van der Waals surface area contributed by atoms with Gasteiger partial charge in [-0.2, -0.15) is 0 Å².